The maximum atomic E-state index is 12.3. The lowest BCUT2D eigenvalue weighted by Crippen LogP contribution is -2.33. The van der Waals surface area contributed by atoms with Crippen LogP contribution >= 0.6 is 11.3 Å². The Bertz CT molecular complexity index is 473. The molecule has 1 aromatic rings. The molecule has 19 heavy (non-hydrogen) atoms. The lowest BCUT2D eigenvalue weighted by molar-refractivity contribution is -0.138. The highest BCUT2D eigenvalue weighted by molar-refractivity contribution is 7.09. The summed E-state index contributed by atoms with van der Waals surface area (Å²) in [4.78, 5) is 26.6. The molecule has 0 saturated carbocycles. The number of carbonyl (C=O) groups excluding carboxylic acids is 1. The van der Waals surface area contributed by atoms with Crippen molar-refractivity contribution in [3.8, 4) is 0 Å². The summed E-state index contributed by atoms with van der Waals surface area (Å²) in [5, 5.41) is 8.45. The van der Waals surface area contributed by atoms with E-state index in [1.54, 1.807) is 6.92 Å². The Morgan fingerprint density at radius 2 is 2.11 bits per heavy atom. The number of aromatic nitrogens is 1. The Morgan fingerprint density at radius 1 is 1.47 bits per heavy atom. The highest BCUT2D eigenvalue weighted by Gasteiger charge is 2.35. The maximum absolute atomic E-state index is 12.3. The molecule has 0 unspecified atom stereocenters. The molecule has 0 bridgehead atoms. The predicted octanol–water partition coefficient (Wildman–Crippen LogP) is 2.10. The Kier molecular flexibility index (Phi) is 4.87. The second kappa shape index (κ2) is 6.00. The first-order chi connectivity index (χ1) is 8.75. The van der Waals surface area contributed by atoms with Crippen molar-refractivity contribution < 1.29 is 27.9 Å². The van der Waals surface area contributed by atoms with Crippen LogP contribution in [-0.2, 0) is 11.0 Å². The molecule has 0 spiro atoms. The topological polar surface area (TPSA) is 70.5 Å². The number of carboxylic acids is 1. The van der Waals surface area contributed by atoms with Gasteiger partial charge in [0.2, 0.25) is 0 Å². The van der Waals surface area contributed by atoms with Crippen LogP contribution in [0.2, 0.25) is 0 Å². The van der Waals surface area contributed by atoms with Crippen molar-refractivity contribution in [2.45, 2.75) is 19.5 Å². The highest BCUT2D eigenvalue weighted by atomic mass is 32.1. The SMILES string of the molecule is CCN(CCC(=O)O)C(=O)c1csc(C(F)(F)F)n1. The van der Waals surface area contributed by atoms with Gasteiger partial charge >= 0.3 is 12.1 Å². The van der Waals surface area contributed by atoms with Crippen molar-refractivity contribution in [1.82, 2.24) is 9.88 Å². The molecule has 0 radical (unpaired) electrons. The van der Waals surface area contributed by atoms with Gasteiger partial charge in [0, 0.05) is 18.5 Å². The number of nitrogens with zero attached hydrogens (tertiary/aromatic N) is 2. The lowest BCUT2D eigenvalue weighted by Gasteiger charge is -2.18. The fourth-order valence-electron chi connectivity index (χ4n) is 1.30. The van der Waals surface area contributed by atoms with Gasteiger partial charge in [0.1, 0.15) is 5.69 Å². The molecule has 1 amide bonds. The van der Waals surface area contributed by atoms with Gasteiger partial charge in [-0.1, -0.05) is 0 Å². The van der Waals surface area contributed by atoms with Gasteiger partial charge in [-0.3, -0.25) is 9.59 Å². The molecule has 1 aromatic heterocycles. The van der Waals surface area contributed by atoms with Gasteiger partial charge in [-0.2, -0.15) is 13.2 Å². The van der Waals surface area contributed by atoms with E-state index in [1.165, 1.54) is 0 Å². The summed E-state index contributed by atoms with van der Waals surface area (Å²) >= 11 is 0.337. The Balaban J connectivity index is 2.80. The summed E-state index contributed by atoms with van der Waals surface area (Å²) in [6.07, 6.45) is -4.85. The third kappa shape index (κ3) is 4.19. The van der Waals surface area contributed by atoms with Gasteiger partial charge in [0.05, 0.1) is 6.42 Å². The van der Waals surface area contributed by atoms with Crippen LogP contribution in [0.4, 0.5) is 13.2 Å². The van der Waals surface area contributed by atoms with Crippen LogP contribution < -0.4 is 0 Å². The predicted molar refractivity (Wildman–Crippen MR) is 60.9 cm³/mol. The van der Waals surface area contributed by atoms with E-state index in [9.17, 15) is 22.8 Å². The van der Waals surface area contributed by atoms with Crippen LogP contribution in [0.3, 0.4) is 0 Å². The number of alkyl halides is 3. The number of thiazole rings is 1. The molecular weight excluding hydrogens is 285 g/mol. The third-order valence-electron chi connectivity index (χ3n) is 2.23. The first kappa shape index (κ1) is 15.4. The quantitative estimate of drug-likeness (QED) is 0.903. The lowest BCUT2D eigenvalue weighted by atomic mass is 10.3. The third-order valence-corrected chi connectivity index (χ3v) is 3.12. The van der Waals surface area contributed by atoms with Crippen molar-refractivity contribution >= 4 is 23.2 Å². The van der Waals surface area contributed by atoms with Gasteiger partial charge < -0.3 is 10.0 Å². The second-order valence-electron chi connectivity index (χ2n) is 3.56. The molecule has 0 aromatic carbocycles. The number of halogens is 3. The van der Waals surface area contributed by atoms with Gasteiger partial charge in [0.25, 0.3) is 5.91 Å². The minimum Gasteiger partial charge on any atom is -0.481 e. The molecule has 0 saturated heterocycles. The van der Waals surface area contributed by atoms with E-state index >= 15 is 0 Å². The summed E-state index contributed by atoms with van der Waals surface area (Å²) in [5.41, 5.74) is -0.315. The summed E-state index contributed by atoms with van der Waals surface area (Å²) in [6.45, 7) is 1.74. The Morgan fingerprint density at radius 3 is 2.53 bits per heavy atom. The van der Waals surface area contributed by atoms with Crippen LogP contribution in [-0.4, -0.2) is 40.0 Å². The highest BCUT2D eigenvalue weighted by Crippen LogP contribution is 2.31. The smallest absolute Gasteiger partial charge is 0.443 e. The molecule has 5 nitrogen and oxygen atoms in total. The van der Waals surface area contributed by atoms with Gasteiger partial charge in [0.15, 0.2) is 5.01 Å². The molecule has 0 aliphatic rings. The summed E-state index contributed by atoms with van der Waals surface area (Å²) < 4.78 is 37.0. The average Bonchev–Trinajstić information content (AvgIpc) is 2.77. The Labute approximate surface area is 110 Å². The number of amides is 1. The normalized spacial score (nSPS) is 11.4. The van der Waals surface area contributed by atoms with Crippen molar-refractivity contribution in [2.75, 3.05) is 13.1 Å². The van der Waals surface area contributed by atoms with E-state index in [0.717, 1.165) is 10.3 Å². The number of hydrogen-bond donors (Lipinski definition) is 1. The first-order valence-corrected chi connectivity index (χ1v) is 6.17. The maximum Gasteiger partial charge on any atom is 0.443 e. The minimum absolute atomic E-state index is 0.0659. The summed E-state index contributed by atoms with van der Waals surface area (Å²) in [6, 6.07) is 0. The number of rotatable bonds is 5. The molecule has 0 fully saturated rings. The summed E-state index contributed by atoms with van der Waals surface area (Å²) in [7, 11) is 0. The monoisotopic (exact) mass is 296 g/mol. The van der Waals surface area contributed by atoms with Crippen LogP contribution in [0.15, 0.2) is 5.38 Å². The fraction of sp³-hybridized carbons (Fsp3) is 0.500. The molecule has 9 heteroatoms. The number of aliphatic carboxylic acids is 1. The van der Waals surface area contributed by atoms with Crippen LogP contribution in [0.1, 0.15) is 28.8 Å². The molecule has 1 N–H and O–H groups in total. The van der Waals surface area contributed by atoms with Gasteiger partial charge in [-0.05, 0) is 6.92 Å². The molecule has 0 atom stereocenters. The summed E-state index contributed by atoms with van der Waals surface area (Å²) in [5.74, 6) is -1.78. The fourth-order valence-corrected chi connectivity index (χ4v) is 1.96. The standard InChI is InChI=1S/C10H11F3N2O3S/c1-2-15(4-3-7(16)17)8(18)6-5-19-9(14-6)10(11,12)13/h5H,2-4H2,1H3,(H,16,17). The molecular formula is C10H11F3N2O3S. The molecule has 1 rings (SSSR count). The van der Waals surface area contributed by atoms with E-state index in [1.807, 2.05) is 0 Å². The van der Waals surface area contributed by atoms with E-state index < -0.39 is 23.1 Å². The second-order valence-corrected chi connectivity index (χ2v) is 4.42. The van der Waals surface area contributed by atoms with Gasteiger partial charge in [-0.15, -0.1) is 11.3 Å². The van der Waals surface area contributed by atoms with Crippen LogP contribution in [0.5, 0.6) is 0 Å². The first-order valence-electron chi connectivity index (χ1n) is 5.29. The number of hydrogen-bond acceptors (Lipinski definition) is 4. The molecule has 0 aliphatic heterocycles. The molecule has 106 valence electrons. The zero-order valence-corrected chi connectivity index (χ0v) is 10.7. The van der Waals surface area contributed by atoms with E-state index in [0.29, 0.717) is 11.3 Å². The van der Waals surface area contributed by atoms with E-state index in [-0.39, 0.29) is 25.2 Å². The average molecular weight is 296 g/mol. The zero-order valence-electron chi connectivity index (χ0n) is 9.90. The van der Waals surface area contributed by atoms with Gasteiger partial charge in [-0.25, -0.2) is 4.98 Å². The minimum atomic E-state index is -4.58. The van der Waals surface area contributed by atoms with E-state index in [2.05, 4.69) is 4.98 Å². The largest absolute Gasteiger partial charge is 0.481 e. The van der Waals surface area contributed by atoms with Crippen molar-refractivity contribution in [1.29, 1.82) is 0 Å². The zero-order chi connectivity index (χ0) is 14.6. The molecule has 0 aliphatic carbocycles. The number of carbonyl (C=O) groups is 2. The Hall–Kier alpha value is -1.64. The molecule has 1 heterocycles. The number of carboxylic acid groups (broad SMARTS) is 1. The van der Waals surface area contributed by atoms with Crippen LogP contribution in [0, 0.1) is 0 Å². The van der Waals surface area contributed by atoms with E-state index in [4.69, 9.17) is 5.11 Å². The van der Waals surface area contributed by atoms with Crippen molar-refractivity contribution in [2.24, 2.45) is 0 Å². The van der Waals surface area contributed by atoms with Crippen LogP contribution in [0.25, 0.3) is 0 Å². The van der Waals surface area contributed by atoms with Crippen molar-refractivity contribution in [3.05, 3.63) is 16.1 Å². The van der Waals surface area contributed by atoms with Crippen molar-refractivity contribution in [3.63, 3.8) is 0 Å².